The van der Waals surface area contributed by atoms with Gasteiger partial charge in [-0.05, 0) is 27.2 Å². The van der Waals surface area contributed by atoms with Crippen molar-refractivity contribution in [1.29, 1.82) is 0 Å². The number of hydrogen-bond acceptors (Lipinski definition) is 2. The van der Waals surface area contributed by atoms with Crippen molar-refractivity contribution in [3.05, 3.63) is 0 Å². The van der Waals surface area contributed by atoms with E-state index in [-0.39, 0.29) is 23.3 Å². The van der Waals surface area contributed by atoms with E-state index in [1.165, 1.54) is 0 Å². The molecule has 4 nitrogen and oxygen atoms in total. The van der Waals surface area contributed by atoms with Crippen molar-refractivity contribution in [2.45, 2.75) is 58.9 Å². The monoisotopic (exact) mass is 254 g/mol. The first kappa shape index (κ1) is 15.0. The molecule has 1 heterocycles. The molecule has 1 saturated heterocycles. The maximum absolute atomic E-state index is 11.9. The van der Waals surface area contributed by atoms with E-state index in [9.17, 15) is 9.59 Å². The Bertz CT molecular complexity index is 307. The number of amides is 2. The van der Waals surface area contributed by atoms with Crippen molar-refractivity contribution in [2.24, 2.45) is 5.92 Å². The Morgan fingerprint density at radius 3 is 2.56 bits per heavy atom. The van der Waals surface area contributed by atoms with Crippen LogP contribution in [-0.4, -0.2) is 35.3 Å². The van der Waals surface area contributed by atoms with Crippen molar-refractivity contribution >= 4 is 11.8 Å². The second-order valence-electron chi connectivity index (χ2n) is 6.07. The number of hydrogen-bond donors (Lipinski definition) is 1. The van der Waals surface area contributed by atoms with Gasteiger partial charge < -0.3 is 10.2 Å². The molecule has 0 unspecified atom stereocenters. The van der Waals surface area contributed by atoms with E-state index in [4.69, 9.17) is 0 Å². The molecule has 104 valence electrons. The number of unbranched alkanes of at least 4 members (excludes halogenated alkanes) is 2. The smallest absolute Gasteiger partial charge is 0.225 e. The van der Waals surface area contributed by atoms with E-state index in [0.29, 0.717) is 13.0 Å². The summed E-state index contributed by atoms with van der Waals surface area (Å²) in [5.74, 6) is -0.0410. The first-order valence-corrected chi connectivity index (χ1v) is 6.94. The minimum absolute atomic E-state index is 0.0335. The molecule has 0 aliphatic carbocycles. The summed E-state index contributed by atoms with van der Waals surface area (Å²) in [5, 5.41) is 2.93. The highest BCUT2D eigenvalue weighted by molar-refractivity contribution is 5.89. The summed E-state index contributed by atoms with van der Waals surface area (Å²) in [7, 11) is 0. The van der Waals surface area contributed by atoms with Gasteiger partial charge >= 0.3 is 0 Å². The van der Waals surface area contributed by atoms with Crippen molar-refractivity contribution in [1.82, 2.24) is 10.2 Å². The number of carbonyl (C=O) groups is 2. The van der Waals surface area contributed by atoms with Crippen LogP contribution in [0.15, 0.2) is 0 Å². The lowest BCUT2D eigenvalue weighted by atomic mass is 10.1. The molecule has 0 saturated carbocycles. The average Bonchev–Trinajstić information content (AvgIpc) is 2.66. The molecule has 18 heavy (non-hydrogen) atoms. The summed E-state index contributed by atoms with van der Waals surface area (Å²) in [4.78, 5) is 25.6. The molecule has 1 fully saturated rings. The summed E-state index contributed by atoms with van der Waals surface area (Å²) in [6, 6.07) is 0. The highest BCUT2D eigenvalue weighted by Crippen LogP contribution is 2.25. The molecule has 0 aromatic heterocycles. The first-order valence-electron chi connectivity index (χ1n) is 6.94. The molecule has 2 amide bonds. The van der Waals surface area contributed by atoms with Crippen LogP contribution in [0.1, 0.15) is 53.4 Å². The molecule has 0 radical (unpaired) electrons. The maximum Gasteiger partial charge on any atom is 0.225 e. The third-order valence-electron chi connectivity index (χ3n) is 3.39. The zero-order valence-electron chi connectivity index (χ0n) is 12.1. The summed E-state index contributed by atoms with van der Waals surface area (Å²) in [6.45, 7) is 9.44. The van der Waals surface area contributed by atoms with Gasteiger partial charge in [0.25, 0.3) is 0 Å². The lowest BCUT2D eigenvalue weighted by molar-refractivity contribution is -0.132. The lowest BCUT2D eigenvalue weighted by Crippen LogP contribution is -2.43. The molecule has 0 aromatic rings. The van der Waals surface area contributed by atoms with Crippen LogP contribution in [0.25, 0.3) is 0 Å². The molecule has 0 aromatic carbocycles. The Morgan fingerprint density at radius 2 is 2.06 bits per heavy atom. The van der Waals surface area contributed by atoms with Gasteiger partial charge in [0.1, 0.15) is 0 Å². The standard InChI is InChI=1S/C14H26N2O2/c1-5-6-7-8-15-13(18)11-9-12(17)16(10-11)14(2,3)4/h11H,5-10H2,1-4H3,(H,15,18)/t11-/m0/s1. The summed E-state index contributed by atoms with van der Waals surface area (Å²) in [6.07, 6.45) is 3.66. The topological polar surface area (TPSA) is 49.4 Å². The highest BCUT2D eigenvalue weighted by Gasteiger charge is 2.39. The zero-order valence-corrected chi connectivity index (χ0v) is 12.1. The fourth-order valence-corrected chi connectivity index (χ4v) is 2.26. The molecule has 1 rings (SSSR count). The highest BCUT2D eigenvalue weighted by atomic mass is 16.2. The van der Waals surface area contributed by atoms with Gasteiger partial charge in [0, 0.05) is 25.0 Å². The van der Waals surface area contributed by atoms with Crippen LogP contribution in [0.2, 0.25) is 0 Å². The number of carbonyl (C=O) groups excluding carboxylic acids is 2. The van der Waals surface area contributed by atoms with Crippen LogP contribution < -0.4 is 5.32 Å². The fraction of sp³-hybridized carbons (Fsp3) is 0.857. The van der Waals surface area contributed by atoms with Crippen molar-refractivity contribution in [3.63, 3.8) is 0 Å². The molecular formula is C14H26N2O2. The Balaban J connectivity index is 2.41. The predicted octanol–water partition coefficient (Wildman–Crippen LogP) is 1.94. The van der Waals surface area contributed by atoms with E-state index >= 15 is 0 Å². The number of rotatable bonds is 5. The molecule has 4 heteroatoms. The largest absolute Gasteiger partial charge is 0.356 e. The van der Waals surface area contributed by atoms with E-state index < -0.39 is 0 Å². The van der Waals surface area contributed by atoms with E-state index in [2.05, 4.69) is 12.2 Å². The zero-order chi connectivity index (χ0) is 13.8. The fourth-order valence-electron chi connectivity index (χ4n) is 2.26. The van der Waals surface area contributed by atoms with Crippen LogP contribution in [-0.2, 0) is 9.59 Å². The van der Waals surface area contributed by atoms with Gasteiger partial charge in [0.05, 0.1) is 5.92 Å². The third-order valence-corrected chi connectivity index (χ3v) is 3.39. The molecule has 1 atom stereocenters. The van der Waals surface area contributed by atoms with Crippen molar-refractivity contribution in [2.75, 3.05) is 13.1 Å². The summed E-state index contributed by atoms with van der Waals surface area (Å²) >= 11 is 0. The average molecular weight is 254 g/mol. The second kappa shape index (κ2) is 6.21. The van der Waals surface area contributed by atoms with Crippen LogP contribution in [0.3, 0.4) is 0 Å². The Labute approximate surface area is 110 Å². The minimum Gasteiger partial charge on any atom is -0.356 e. The predicted molar refractivity (Wildman–Crippen MR) is 72.1 cm³/mol. The van der Waals surface area contributed by atoms with Gasteiger partial charge in [-0.3, -0.25) is 9.59 Å². The quantitative estimate of drug-likeness (QED) is 0.762. The van der Waals surface area contributed by atoms with E-state index in [0.717, 1.165) is 25.8 Å². The van der Waals surface area contributed by atoms with Gasteiger partial charge in [-0.15, -0.1) is 0 Å². The number of nitrogens with zero attached hydrogens (tertiary/aromatic N) is 1. The van der Waals surface area contributed by atoms with Crippen LogP contribution in [0.5, 0.6) is 0 Å². The summed E-state index contributed by atoms with van der Waals surface area (Å²) < 4.78 is 0. The van der Waals surface area contributed by atoms with E-state index in [1.54, 1.807) is 0 Å². The normalized spacial score (nSPS) is 20.3. The minimum atomic E-state index is -0.186. The van der Waals surface area contributed by atoms with E-state index in [1.807, 2.05) is 25.7 Å². The maximum atomic E-state index is 11.9. The van der Waals surface area contributed by atoms with Gasteiger partial charge in [-0.1, -0.05) is 19.8 Å². The molecule has 1 aliphatic heterocycles. The molecule has 1 aliphatic rings. The SMILES string of the molecule is CCCCCNC(=O)[C@H]1CC(=O)N(C(C)(C)C)C1. The van der Waals surface area contributed by atoms with Crippen molar-refractivity contribution in [3.8, 4) is 0 Å². The van der Waals surface area contributed by atoms with Crippen LogP contribution in [0.4, 0.5) is 0 Å². The van der Waals surface area contributed by atoms with Crippen molar-refractivity contribution < 1.29 is 9.59 Å². The lowest BCUT2D eigenvalue weighted by Gasteiger charge is -2.31. The van der Waals surface area contributed by atoms with Crippen LogP contribution in [0, 0.1) is 5.92 Å². The first-order chi connectivity index (χ1) is 8.36. The Morgan fingerprint density at radius 1 is 1.39 bits per heavy atom. The van der Waals surface area contributed by atoms with Crippen LogP contribution >= 0.6 is 0 Å². The van der Waals surface area contributed by atoms with Gasteiger partial charge in [-0.25, -0.2) is 0 Å². The molecule has 0 spiro atoms. The molecular weight excluding hydrogens is 228 g/mol. The number of nitrogens with one attached hydrogen (secondary N) is 1. The second-order valence-corrected chi connectivity index (χ2v) is 6.07. The third kappa shape index (κ3) is 4.00. The molecule has 0 bridgehead atoms. The van der Waals surface area contributed by atoms with Gasteiger partial charge in [-0.2, -0.15) is 0 Å². The van der Waals surface area contributed by atoms with Gasteiger partial charge in [0.15, 0.2) is 0 Å². The van der Waals surface area contributed by atoms with Gasteiger partial charge in [0.2, 0.25) is 11.8 Å². The molecule has 1 N–H and O–H groups in total. The Kier molecular flexibility index (Phi) is 5.17. The Hall–Kier alpha value is -1.06. The summed E-state index contributed by atoms with van der Waals surface area (Å²) in [5.41, 5.74) is -0.186. The number of likely N-dealkylation sites (tertiary alicyclic amines) is 1.